The summed E-state index contributed by atoms with van der Waals surface area (Å²) < 4.78 is 43.8. The van der Waals surface area contributed by atoms with E-state index >= 15 is 0 Å². The van der Waals surface area contributed by atoms with Crippen molar-refractivity contribution in [2.45, 2.75) is 36.5 Å². The number of aryl methyl sites for hydroxylation is 2. The van der Waals surface area contributed by atoms with Gasteiger partial charge in [-0.15, -0.1) is 3.77 Å². The molecule has 0 fully saturated rings. The first kappa shape index (κ1) is 22.2. The van der Waals surface area contributed by atoms with Crippen LogP contribution in [0, 0.1) is 12.8 Å². The third-order valence-electron chi connectivity index (χ3n) is 4.93. The fourth-order valence-electron chi connectivity index (χ4n) is 3.24. The lowest BCUT2D eigenvalue weighted by molar-refractivity contribution is 0.579. The SMILES string of the molecule is Cc1ccc(S(=O)(=O)N=S(=O)(CC(C)CCc2ccccc2)c2ccccc2)cc1. The molecule has 0 saturated heterocycles. The van der Waals surface area contributed by atoms with Gasteiger partial charge in [0.15, 0.2) is 0 Å². The van der Waals surface area contributed by atoms with Crippen LogP contribution in [0.4, 0.5) is 0 Å². The van der Waals surface area contributed by atoms with Gasteiger partial charge in [-0.2, -0.15) is 8.42 Å². The van der Waals surface area contributed by atoms with Gasteiger partial charge in [0, 0.05) is 10.6 Å². The van der Waals surface area contributed by atoms with E-state index in [2.05, 4.69) is 15.9 Å². The van der Waals surface area contributed by atoms with Gasteiger partial charge >= 0.3 is 0 Å². The Bertz CT molecular complexity index is 1180. The van der Waals surface area contributed by atoms with Crippen molar-refractivity contribution in [1.82, 2.24) is 0 Å². The molecule has 0 spiro atoms. The molecule has 0 aliphatic rings. The summed E-state index contributed by atoms with van der Waals surface area (Å²) in [6.07, 6.45) is 1.64. The molecule has 0 saturated carbocycles. The highest BCUT2D eigenvalue weighted by Gasteiger charge is 2.23. The van der Waals surface area contributed by atoms with Crippen molar-refractivity contribution in [1.29, 1.82) is 0 Å². The normalized spacial score (nSPS) is 14.6. The molecule has 6 heteroatoms. The lowest BCUT2D eigenvalue weighted by Gasteiger charge is -2.16. The van der Waals surface area contributed by atoms with Gasteiger partial charge in [0.05, 0.1) is 14.6 Å². The van der Waals surface area contributed by atoms with E-state index in [1.165, 1.54) is 17.7 Å². The Labute approximate surface area is 180 Å². The van der Waals surface area contributed by atoms with Crippen LogP contribution in [0.15, 0.2) is 98.5 Å². The summed E-state index contributed by atoms with van der Waals surface area (Å²) in [6.45, 7) is 3.88. The number of hydrogen-bond donors (Lipinski definition) is 0. The summed E-state index contributed by atoms with van der Waals surface area (Å²) in [5.74, 6) is 0.226. The van der Waals surface area contributed by atoms with Gasteiger partial charge in [-0.25, -0.2) is 4.21 Å². The van der Waals surface area contributed by atoms with Crippen molar-refractivity contribution >= 4 is 19.8 Å². The number of rotatable bonds is 8. The molecule has 0 bridgehead atoms. The molecule has 0 aromatic heterocycles. The largest absolute Gasteiger partial charge is 0.290 e. The first-order valence-corrected chi connectivity index (χ1v) is 13.1. The molecular weight excluding hydrogens is 414 g/mol. The van der Waals surface area contributed by atoms with Crippen LogP contribution in [0.1, 0.15) is 24.5 Å². The van der Waals surface area contributed by atoms with Gasteiger partial charge in [0.2, 0.25) is 0 Å². The summed E-state index contributed by atoms with van der Waals surface area (Å²) in [5.41, 5.74) is 2.16. The van der Waals surface area contributed by atoms with E-state index in [9.17, 15) is 12.6 Å². The lowest BCUT2D eigenvalue weighted by atomic mass is 10.0. The fourth-order valence-corrected chi connectivity index (χ4v) is 7.63. The Hall–Kier alpha value is -2.44. The van der Waals surface area contributed by atoms with Crippen LogP contribution in [-0.2, 0) is 26.2 Å². The van der Waals surface area contributed by atoms with E-state index in [0.29, 0.717) is 4.90 Å². The van der Waals surface area contributed by atoms with Crippen LogP contribution < -0.4 is 0 Å². The molecule has 0 aliphatic heterocycles. The molecule has 2 atom stereocenters. The molecule has 3 rings (SSSR count). The van der Waals surface area contributed by atoms with Crippen molar-refractivity contribution in [2.24, 2.45) is 9.69 Å². The molecule has 30 heavy (non-hydrogen) atoms. The number of benzene rings is 3. The molecule has 158 valence electrons. The Balaban J connectivity index is 1.92. The fraction of sp³-hybridized carbons (Fsp3) is 0.250. The Morgan fingerprint density at radius 2 is 1.33 bits per heavy atom. The van der Waals surface area contributed by atoms with Gasteiger partial charge in [0.1, 0.15) is 0 Å². The second-order valence-electron chi connectivity index (χ2n) is 7.61. The van der Waals surface area contributed by atoms with Crippen molar-refractivity contribution < 1.29 is 12.6 Å². The highest BCUT2D eigenvalue weighted by Crippen LogP contribution is 2.24. The monoisotopic (exact) mass is 441 g/mol. The molecule has 4 nitrogen and oxygen atoms in total. The second-order valence-corrected chi connectivity index (χ2v) is 11.7. The topological polar surface area (TPSA) is 63.6 Å². The minimum Gasteiger partial charge on any atom is -0.244 e. The number of nitrogens with zero attached hydrogens (tertiary/aromatic N) is 1. The van der Waals surface area contributed by atoms with Gasteiger partial charge in [-0.3, -0.25) is 0 Å². The van der Waals surface area contributed by atoms with E-state index in [1.54, 1.807) is 36.4 Å². The summed E-state index contributed by atoms with van der Waals surface area (Å²) in [6, 6.07) is 25.3. The Morgan fingerprint density at radius 1 is 0.767 bits per heavy atom. The molecular formula is C24H27NO3S2. The zero-order valence-corrected chi connectivity index (χ0v) is 18.9. The quantitative estimate of drug-likeness (QED) is 0.465. The van der Waals surface area contributed by atoms with Crippen LogP contribution in [0.5, 0.6) is 0 Å². The summed E-state index contributed by atoms with van der Waals surface area (Å²) in [4.78, 5) is 0.515. The highest BCUT2D eigenvalue weighted by atomic mass is 32.3. The molecule has 0 aliphatic carbocycles. The summed E-state index contributed by atoms with van der Waals surface area (Å²) in [7, 11) is -7.20. The maximum Gasteiger partial charge on any atom is 0.290 e. The van der Waals surface area contributed by atoms with Crippen molar-refractivity contribution in [2.75, 3.05) is 5.75 Å². The van der Waals surface area contributed by atoms with Crippen LogP contribution in [0.2, 0.25) is 0 Å². The van der Waals surface area contributed by atoms with Crippen molar-refractivity contribution in [3.63, 3.8) is 0 Å². The molecule has 0 radical (unpaired) electrons. The second kappa shape index (κ2) is 9.58. The average Bonchev–Trinajstić information content (AvgIpc) is 2.73. The zero-order chi connectivity index (χ0) is 21.6. The molecule has 0 heterocycles. The first-order valence-electron chi connectivity index (χ1n) is 9.95. The maximum absolute atomic E-state index is 13.9. The van der Waals surface area contributed by atoms with Crippen LogP contribution in [-0.4, -0.2) is 18.4 Å². The molecule has 0 amide bonds. The summed E-state index contributed by atoms with van der Waals surface area (Å²) in [5, 5.41) is 0. The minimum absolute atomic E-state index is 0.0369. The first-order chi connectivity index (χ1) is 14.3. The van der Waals surface area contributed by atoms with E-state index < -0.39 is 19.8 Å². The standard InChI is InChI=1S/C24H27NO3S2/c1-20-14-17-24(18-15-20)30(27,28)25-29(26,23-11-7-4-8-12-23)19-21(2)13-16-22-9-5-3-6-10-22/h3-12,14-15,17-18,21H,13,16,19H2,1-2H3. The smallest absolute Gasteiger partial charge is 0.244 e. The zero-order valence-electron chi connectivity index (χ0n) is 17.3. The Kier molecular flexibility index (Phi) is 7.10. The van der Waals surface area contributed by atoms with Crippen molar-refractivity contribution in [3.05, 3.63) is 96.1 Å². The van der Waals surface area contributed by atoms with Crippen molar-refractivity contribution in [3.8, 4) is 0 Å². The van der Waals surface area contributed by atoms with Gasteiger partial charge in [-0.1, -0.05) is 73.2 Å². The van der Waals surface area contributed by atoms with E-state index in [-0.39, 0.29) is 16.6 Å². The average molecular weight is 442 g/mol. The molecule has 0 N–H and O–H groups in total. The summed E-state index contributed by atoms with van der Waals surface area (Å²) >= 11 is 0. The van der Waals surface area contributed by atoms with E-state index in [1.807, 2.05) is 38.1 Å². The predicted octanol–water partition coefficient (Wildman–Crippen LogP) is 5.48. The van der Waals surface area contributed by atoms with Crippen LogP contribution >= 0.6 is 0 Å². The Morgan fingerprint density at radius 3 is 1.93 bits per heavy atom. The van der Waals surface area contributed by atoms with Gasteiger partial charge in [0.25, 0.3) is 10.0 Å². The third kappa shape index (κ3) is 5.80. The lowest BCUT2D eigenvalue weighted by Crippen LogP contribution is -2.17. The van der Waals surface area contributed by atoms with E-state index in [0.717, 1.165) is 18.4 Å². The highest BCUT2D eigenvalue weighted by molar-refractivity contribution is 8.03. The number of hydrogen-bond acceptors (Lipinski definition) is 3. The minimum atomic E-state index is -4.05. The maximum atomic E-state index is 13.9. The van der Waals surface area contributed by atoms with Crippen LogP contribution in [0.3, 0.4) is 0 Å². The number of sulfonamides is 1. The van der Waals surface area contributed by atoms with Gasteiger partial charge < -0.3 is 0 Å². The van der Waals surface area contributed by atoms with Gasteiger partial charge in [-0.05, 0) is 55.5 Å². The third-order valence-corrected chi connectivity index (χ3v) is 9.57. The predicted molar refractivity (Wildman–Crippen MR) is 122 cm³/mol. The molecule has 3 aromatic rings. The van der Waals surface area contributed by atoms with Crippen LogP contribution in [0.25, 0.3) is 0 Å². The molecule has 3 aromatic carbocycles. The van der Waals surface area contributed by atoms with E-state index in [4.69, 9.17) is 0 Å². The molecule has 2 unspecified atom stereocenters.